The molecule has 1 aromatic heterocycles. The molecule has 0 radical (unpaired) electrons. The van der Waals surface area contributed by atoms with E-state index in [0.29, 0.717) is 26.2 Å². The number of alkyl halides is 3. The van der Waals surface area contributed by atoms with Gasteiger partial charge in [0.05, 0.1) is 16.3 Å². The number of nitrogens with one attached hydrogen (secondary N) is 1. The molecular formula is C15H20ClF3N4O3S. The Morgan fingerprint density at radius 2 is 1.93 bits per heavy atom. The first-order valence-electron chi connectivity index (χ1n) is 8.07. The van der Waals surface area contributed by atoms with Crippen molar-refractivity contribution in [2.75, 3.05) is 43.1 Å². The second kappa shape index (κ2) is 8.09. The van der Waals surface area contributed by atoms with E-state index in [1.165, 1.54) is 4.90 Å². The van der Waals surface area contributed by atoms with Crippen molar-refractivity contribution in [2.45, 2.75) is 19.1 Å². The summed E-state index contributed by atoms with van der Waals surface area (Å²) in [6, 6.07) is -0.0932. The molecule has 1 aliphatic rings. The Kier molecular flexibility index (Phi) is 6.46. The fraction of sp³-hybridized carbons (Fsp3) is 0.600. The highest BCUT2D eigenvalue weighted by Gasteiger charge is 2.32. The molecule has 1 fully saturated rings. The zero-order chi connectivity index (χ0) is 20.4. The van der Waals surface area contributed by atoms with Crippen molar-refractivity contribution in [2.24, 2.45) is 0 Å². The van der Waals surface area contributed by atoms with Crippen LogP contribution in [0.15, 0.2) is 12.3 Å². The molecule has 1 aliphatic heterocycles. The van der Waals surface area contributed by atoms with Crippen LogP contribution in [0.25, 0.3) is 0 Å². The number of sulfone groups is 1. The minimum Gasteiger partial charge on any atom is -0.352 e. The van der Waals surface area contributed by atoms with Crippen LogP contribution in [0.1, 0.15) is 12.5 Å². The van der Waals surface area contributed by atoms with Crippen molar-refractivity contribution in [3.63, 3.8) is 0 Å². The van der Waals surface area contributed by atoms with E-state index in [1.54, 1.807) is 11.8 Å². The largest absolute Gasteiger partial charge is 0.417 e. The molecule has 2 heterocycles. The van der Waals surface area contributed by atoms with Crippen LogP contribution in [0.4, 0.5) is 23.8 Å². The van der Waals surface area contributed by atoms with E-state index in [4.69, 9.17) is 11.6 Å². The number of pyridine rings is 1. The summed E-state index contributed by atoms with van der Waals surface area (Å²) < 4.78 is 60.6. The topological polar surface area (TPSA) is 82.6 Å². The summed E-state index contributed by atoms with van der Waals surface area (Å²) in [5, 5.41) is 2.51. The van der Waals surface area contributed by atoms with Gasteiger partial charge in [0.15, 0.2) is 0 Å². The van der Waals surface area contributed by atoms with Crippen molar-refractivity contribution >= 4 is 33.3 Å². The summed E-state index contributed by atoms with van der Waals surface area (Å²) in [6.07, 6.45) is -2.70. The average Bonchev–Trinajstić information content (AvgIpc) is 2.52. The van der Waals surface area contributed by atoms with Gasteiger partial charge in [-0.1, -0.05) is 11.6 Å². The van der Waals surface area contributed by atoms with Gasteiger partial charge >= 0.3 is 12.2 Å². The van der Waals surface area contributed by atoms with Gasteiger partial charge in [-0.15, -0.1) is 0 Å². The highest BCUT2D eigenvalue weighted by atomic mass is 35.5. The van der Waals surface area contributed by atoms with E-state index in [-0.39, 0.29) is 16.6 Å². The number of anilines is 1. The van der Waals surface area contributed by atoms with Gasteiger partial charge in [0.25, 0.3) is 0 Å². The lowest BCUT2D eigenvalue weighted by Crippen LogP contribution is -2.54. The predicted molar refractivity (Wildman–Crippen MR) is 95.7 cm³/mol. The number of carbonyl (C=O) groups excluding carboxylic acids is 1. The summed E-state index contributed by atoms with van der Waals surface area (Å²) in [4.78, 5) is 19.2. The number of halogens is 4. The molecule has 12 heteroatoms. The third-order valence-corrected chi connectivity index (χ3v) is 5.32. The molecule has 1 saturated heterocycles. The van der Waals surface area contributed by atoms with Crippen LogP contribution in [0.5, 0.6) is 0 Å². The molecule has 0 aromatic carbocycles. The molecule has 1 unspecified atom stereocenters. The summed E-state index contributed by atoms with van der Waals surface area (Å²) in [6.45, 7) is 2.88. The molecule has 0 aliphatic carbocycles. The molecule has 27 heavy (non-hydrogen) atoms. The first kappa shape index (κ1) is 21.5. The minimum atomic E-state index is -4.52. The monoisotopic (exact) mass is 428 g/mol. The van der Waals surface area contributed by atoms with Crippen molar-refractivity contribution in [3.05, 3.63) is 22.8 Å². The standard InChI is InChI=1S/C15H20ClF3N4O3S/c1-10(9-27(2,25)26)21-14(24)23-5-3-22(4-6-23)13-12(16)7-11(8-20-13)15(17,18)19/h7-8,10H,3-6,9H2,1-2H3,(H,21,24). The average molecular weight is 429 g/mol. The third kappa shape index (κ3) is 6.13. The minimum absolute atomic E-state index is 0.107. The lowest BCUT2D eigenvalue weighted by molar-refractivity contribution is -0.137. The fourth-order valence-electron chi connectivity index (χ4n) is 2.74. The van der Waals surface area contributed by atoms with E-state index in [1.807, 2.05) is 0 Å². The molecule has 0 bridgehead atoms. The zero-order valence-electron chi connectivity index (χ0n) is 14.8. The van der Waals surface area contributed by atoms with Crippen LogP contribution >= 0.6 is 11.6 Å². The quantitative estimate of drug-likeness (QED) is 0.793. The summed E-state index contributed by atoms with van der Waals surface area (Å²) in [5.74, 6) is 0.0687. The maximum Gasteiger partial charge on any atom is 0.417 e. The Hall–Kier alpha value is -1.75. The van der Waals surface area contributed by atoms with Gasteiger partial charge in [0.2, 0.25) is 0 Å². The molecule has 2 rings (SSSR count). The maximum atomic E-state index is 12.7. The first-order chi connectivity index (χ1) is 12.4. The fourth-order valence-corrected chi connectivity index (χ4v) is 4.02. The number of nitrogens with zero attached hydrogens (tertiary/aromatic N) is 3. The smallest absolute Gasteiger partial charge is 0.352 e. The molecule has 0 spiro atoms. The number of urea groups is 1. The van der Waals surface area contributed by atoms with Gasteiger partial charge in [-0.3, -0.25) is 0 Å². The second-order valence-electron chi connectivity index (χ2n) is 6.44. The van der Waals surface area contributed by atoms with E-state index in [9.17, 15) is 26.4 Å². The molecule has 0 saturated carbocycles. The number of hydrogen-bond acceptors (Lipinski definition) is 5. The maximum absolute atomic E-state index is 12.7. The van der Waals surface area contributed by atoms with Crippen LogP contribution in [-0.4, -0.2) is 68.6 Å². The molecule has 1 N–H and O–H groups in total. The number of amides is 2. The Bertz CT molecular complexity index is 796. The van der Waals surface area contributed by atoms with Gasteiger partial charge in [-0.25, -0.2) is 18.2 Å². The van der Waals surface area contributed by atoms with Gasteiger partial charge in [-0.05, 0) is 13.0 Å². The number of rotatable bonds is 4. The molecule has 152 valence electrons. The number of carbonyl (C=O) groups is 1. The van der Waals surface area contributed by atoms with Crippen LogP contribution in [0.3, 0.4) is 0 Å². The van der Waals surface area contributed by atoms with E-state index in [0.717, 1.165) is 18.5 Å². The van der Waals surface area contributed by atoms with Gasteiger partial charge < -0.3 is 15.1 Å². The number of piperazine rings is 1. The highest BCUT2D eigenvalue weighted by Crippen LogP contribution is 2.33. The van der Waals surface area contributed by atoms with Crippen molar-refractivity contribution in [1.82, 2.24) is 15.2 Å². The number of hydrogen-bond donors (Lipinski definition) is 1. The Morgan fingerprint density at radius 3 is 2.41 bits per heavy atom. The summed E-state index contributed by atoms with van der Waals surface area (Å²) in [7, 11) is -3.21. The lowest BCUT2D eigenvalue weighted by Gasteiger charge is -2.36. The Morgan fingerprint density at radius 1 is 1.33 bits per heavy atom. The van der Waals surface area contributed by atoms with Crippen LogP contribution in [0, 0.1) is 0 Å². The normalized spacial score (nSPS) is 17.0. The molecular weight excluding hydrogens is 409 g/mol. The van der Waals surface area contributed by atoms with E-state index >= 15 is 0 Å². The third-order valence-electron chi connectivity index (χ3n) is 3.94. The van der Waals surface area contributed by atoms with Gasteiger partial charge in [0.1, 0.15) is 15.7 Å². The summed E-state index contributed by atoms with van der Waals surface area (Å²) >= 11 is 5.94. The zero-order valence-corrected chi connectivity index (χ0v) is 16.3. The number of aromatic nitrogens is 1. The SMILES string of the molecule is CC(CS(C)(=O)=O)NC(=O)N1CCN(c2ncc(C(F)(F)F)cc2Cl)CC1. The van der Waals surface area contributed by atoms with Crippen LogP contribution in [-0.2, 0) is 16.0 Å². The van der Waals surface area contributed by atoms with E-state index in [2.05, 4.69) is 10.3 Å². The molecule has 1 aromatic rings. The van der Waals surface area contributed by atoms with Crippen LogP contribution < -0.4 is 10.2 Å². The van der Waals surface area contributed by atoms with E-state index < -0.39 is 33.6 Å². The van der Waals surface area contributed by atoms with Gasteiger partial charge in [-0.2, -0.15) is 13.2 Å². The van der Waals surface area contributed by atoms with Crippen molar-refractivity contribution in [3.8, 4) is 0 Å². The van der Waals surface area contributed by atoms with Gasteiger partial charge in [0, 0.05) is 44.7 Å². The summed E-state index contributed by atoms with van der Waals surface area (Å²) in [5.41, 5.74) is -0.922. The molecule has 7 nitrogen and oxygen atoms in total. The first-order valence-corrected chi connectivity index (χ1v) is 10.5. The van der Waals surface area contributed by atoms with Crippen LogP contribution in [0.2, 0.25) is 5.02 Å². The molecule has 2 amide bonds. The lowest BCUT2D eigenvalue weighted by atomic mass is 10.2. The second-order valence-corrected chi connectivity index (χ2v) is 9.04. The molecule has 1 atom stereocenters. The van der Waals surface area contributed by atoms with Crippen molar-refractivity contribution in [1.29, 1.82) is 0 Å². The Labute approximate surface area is 160 Å². The Balaban J connectivity index is 1.94. The predicted octanol–water partition coefficient (Wildman–Crippen LogP) is 2.02. The van der Waals surface area contributed by atoms with Crippen molar-refractivity contribution < 1.29 is 26.4 Å². The highest BCUT2D eigenvalue weighted by molar-refractivity contribution is 7.90.